The second-order valence-electron chi connectivity index (χ2n) is 6.44. The first-order valence-electron chi connectivity index (χ1n) is 7.73. The molecule has 0 aliphatic rings. The van der Waals surface area contributed by atoms with Gasteiger partial charge in [0.1, 0.15) is 5.82 Å². The van der Waals surface area contributed by atoms with Crippen LogP contribution in [0.4, 0.5) is 9.18 Å². The highest BCUT2D eigenvalue weighted by molar-refractivity contribution is 7.98. The molecule has 4 nitrogen and oxygen atoms in total. The maximum Gasteiger partial charge on any atom is 0.315 e. The molecule has 0 radical (unpaired) electrons. The first kappa shape index (κ1) is 19.8. The van der Waals surface area contributed by atoms with Crippen molar-refractivity contribution in [2.45, 2.75) is 38.8 Å². The van der Waals surface area contributed by atoms with E-state index in [1.54, 1.807) is 19.1 Å². The van der Waals surface area contributed by atoms with Gasteiger partial charge in [-0.05, 0) is 43.2 Å². The first-order valence-corrected chi connectivity index (χ1v) is 9.13. The second kappa shape index (κ2) is 9.13. The normalized spacial score (nSPS) is 15.1. The minimum absolute atomic E-state index is 0.0639. The summed E-state index contributed by atoms with van der Waals surface area (Å²) >= 11 is 1.53. The van der Waals surface area contributed by atoms with Crippen molar-refractivity contribution in [3.8, 4) is 0 Å². The molecule has 0 saturated heterocycles. The molecule has 23 heavy (non-hydrogen) atoms. The largest absolute Gasteiger partial charge is 0.387 e. The minimum Gasteiger partial charge on any atom is -0.387 e. The van der Waals surface area contributed by atoms with Gasteiger partial charge >= 0.3 is 6.03 Å². The van der Waals surface area contributed by atoms with Crippen LogP contribution in [0.15, 0.2) is 24.3 Å². The van der Waals surface area contributed by atoms with Crippen LogP contribution in [0, 0.1) is 11.7 Å². The third-order valence-electron chi connectivity index (χ3n) is 3.58. The Morgan fingerprint density at radius 2 is 1.96 bits per heavy atom. The molecule has 2 unspecified atom stereocenters. The van der Waals surface area contributed by atoms with Gasteiger partial charge in [-0.25, -0.2) is 9.18 Å². The summed E-state index contributed by atoms with van der Waals surface area (Å²) in [5.74, 6) is 0.519. The van der Waals surface area contributed by atoms with Crippen LogP contribution in [0.1, 0.15) is 26.3 Å². The highest BCUT2D eigenvalue weighted by Gasteiger charge is 2.22. The average Bonchev–Trinajstić information content (AvgIpc) is 2.46. The molecule has 0 saturated carbocycles. The summed E-state index contributed by atoms with van der Waals surface area (Å²) in [6, 6.07) is 5.94. The Morgan fingerprint density at radius 3 is 2.48 bits per heavy atom. The Balaban J connectivity index is 2.55. The van der Waals surface area contributed by atoms with E-state index >= 15 is 0 Å². The summed E-state index contributed by atoms with van der Waals surface area (Å²) in [5, 5.41) is 15.7. The van der Waals surface area contributed by atoms with Crippen LogP contribution in [0.25, 0.3) is 0 Å². The van der Waals surface area contributed by atoms with Gasteiger partial charge in [-0.15, -0.1) is 0 Å². The van der Waals surface area contributed by atoms with E-state index in [1.165, 1.54) is 23.9 Å². The Hall–Kier alpha value is -1.27. The SMILES string of the molecule is CSCC(C)(O)CNC(=O)NC(Cc1ccc(F)cc1)C(C)C. The first-order chi connectivity index (χ1) is 10.7. The van der Waals surface area contributed by atoms with Gasteiger partial charge in [0.2, 0.25) is 0 Å². The molecule has 1 rings (SSSR count). The number of carbonyl (C=O) groups is 1. The van der Waals surface area contributed by atoms with Crippen LogP contribution >= 0.6 is 11.8 Å². The molecule has 1 aromatic carbocycles. The molecule has 2 atom stereocenters. The van der Waals surface area contributed by atoms with Crippen LogP contribution in [0.2, 0.25) is 0 Å². The van der Waals surface area contributed by atoms with Crippen LogP contribution in [-0.4, -0.2) is 41.3 Å². The lowest BCUT2D eigenvalue weighted by Crippen LogP contribution is -2.50. The zero-order chi connectivity index (χ0) is 17.5. The van der Waals surface area contributed by atoms with Gasteiger partial charge in [0.25, 0.3) is 0 Å². The predicted octanol–water partition coefficient (Wildman–Crippen LogP) is 2.81. The van der Waals surface area contributed by atoms with Crippen molar-refractivity contribution in [1.82, 2.24) is 10.6 Å². The molecular weight excluding hydrogens is 315 g/mol. The van der Waals surface area contributed by atoms with E-state index in [2.05, 4.69) is 10.6 Å². The van der Waals surface area contributed by atoms with Crippen LogP contribution in [-0.2, 0) is 6.42 Å². The highest BCUT2D eigenvalue weighted by atomic mass is 32.2. The Bertz CT molecular complexity index is 492. The van der Waals surface area contributed by atoms with Crippen molar-refractivity contribution in [1.29, 1.82) is 0 Å². The lowest BCUT2D eigenvalue weighted by molar-refractivity contribution is 0.0866. The van der Waals surface area contributed by atoms with Crippen molar-refractivity contribution in [3.05, 3.63) is 35.6 Å². The number of benzene rings is 1. The van der Waals surface area contributed by atoms with Gasteiger partial charge in [0.05, 0.1) is 5.60 Å². The molecule has 0 spiro atoms. The van der Waals surface area contributed by atoms with Gasteiger partial charge in [0, 0.05) is 18.3 Å². The lowest BCUT2D eigenvalue weighted by Gasteiger charge is -2.26. The Kier molecular flexibility index (Phi) is 7.85. The Morgan fingerprint density at radius 1 is 1.35 bits per heavy atom. The van der Waals surface area contributed by atoms with E-state index < -0.39 is 5.60 Å². The number of hydrogen-bond acceptors (Lipinski definition) is 3. The van der Waals surface area contributed by atoms with Gasteiger partial charge in [-0.2, -0.15) is 11.8 Å². The fourth-order valence-electron chi connectivity index (χ4n) is 2.18. The summed E-state index contributed by atoms with van der Waals surface area (Å²) in [5.41, 5.74) is 0.0425. The number of thioether (sulfide) groups is 1. The number of carbonyl (C=O) groups excluding carboxylic acids is 1. The topological polar surface area (TPSA) is 61.4 Å². The summed E-state index contributed by atoms with van der Waals surface area (Å²) in [4.78, 5) is 12.1. The third kappa shape index (κ3) is 7.70. The van der Waals surface area contributed by atoms with E-state index in [1.807, 2.05) is 20.1 Å². The summed E-state index contributed by atoms with van der Waals surface area (Å²) in [6.45, 7) is 5.94. The molecule has 1 aromatic rings. The van der Waals surface area contributed by atoms with Crippen LogP contribution in [0.5, 0.6) is 0 Å². The molecule has 0 heterocycles. The molecule has 3 N–H and O–H groups in total. The highest BCUT2D eigenvalue weighted by Crippen LogP contribution is 2.12. The zero-order valence-corrected chi connectivity index (χ0v) is 15.0. The monoisotopic (exact) mass is 342 g/mol. The maximum absolute atomic E-state index is 13.0. The van der Waals surface area contributed by atoms with Crippen molar-refractivity contribution < 1.29 is 14.3 Å². The lowest BCUT2D eigenvalue weighted by atomic mass is 9.96. The summed E-state index contributed by atoms with van der Waals surface area (Å²) in [7, 11) is 0. The number of halogens is 1. The molecule has 0 aromatic heterocycles. The van der Waals surface area contributed by atoms with Gasteiger partial charge in [-0.3, -0.25) is 0 Å². The number of nitrogens with one attached hydrogen (secondary N) is 2. The fourth-order valence-corrected chi connectivity index (χ4v) is 2.90. The van der Waals surface area contributed by atoms with E-state index in [-0.39, 0.29) is 30.4 Å². The van der Waals surface area contributed by atoms with Crippen molar-refractivity contribution in [3.63, 3.8) is 0 Å². The molecule has 0 aliphatic heterocycles. The molecule has 0 bridgehead atoms. The second-order valence-corrected chi connectivity index (χ2v) is 7.30. The van der Waals surface area contributed by atoms with E-state index in [0.717, 1.165) is 5.56 Å². The minimum atomic E-state index is -0.930. The molecule has 0 aliphatic carbocycles. The summed E-state index contributed by atoms with van der Waals surface area (Å²) in [6.07, 6.45) is 2.54. The van der Waals surface area contributed by atoms with E-state index in [4.69, 9.17) is 0 Å². The molecule has 6 heteroatoms. The molecular formula is C17H27FN2O2S. The fraction of sp³-hybridized carbons (Fsp3) is 0.588. The number of urea groups is 1. The molecule has 0 fully saturated rings. The number of hydrogen-bond donors (Lipinski definition) is 3. The smallest absolute Gasteiger partial charge is 0.315 e. The predicted molar refractivity (Wildman–Crippen MR) is 94.3 cm³/mol. The van der Waals surface area contributed by atoms with Crippen LogP contribution < -0.4 is 10.6 Å². The van der Waals surface area contributed by atoms with E-state index in [0.29, 0.717) is 12.2 Å². The van der Waals surface area contributed by atoms with Crippen molar-refractivity contribution in [2.75, 3.05) is 18.6 Å². The molecule has 130 valence electrons. The summed E-state index contributed by atoms with van der Waals surface area (Å²) < 4.78 is 13.0. The number of rotatable bonds is 8. The molecule has 2 amide bonds. The average molecular weight is 342 g/mol. The van der Waals surface area contributed by atoms with Gasteiger partial charge in [-0.1, -0.05) is 26.0 Å². The van der Waals surface area contributed by atoms with Gasteiger partial charge in [0.15, 0.2) is 0 Å². The standard InChI is InChI=1S/C17H27FN2O2S/c1-12(2)15(9-13-5-7-14(18)8-6-13)20-16(21)19-10-17(3,22)11-23-4/h5-8,12,15,22H,9-11H2,1-4H3,(H2,19,20,21). The zero-order valence-electron chi connectivity index (χ0n) is 14.2. The Labute approximate surface area is 142 Å². The number of aliphatic hydroxyl groups is 1. The quantitative estimate of drug-likeness (QED) is 0.681. The third-order valence-corrected chi connectivity index (χ3v) is 4.49. The van der Waals surface area contributed by atoms with Crippen LogP contribution in [0.3, 0.4) is 0 Å². The maximum atomic E-state index is 13.0. The van der Waals surface area contributed by atoms with E-state index in [9.17, 15) is 14.3 Å². The number of amides is 2. The van der Waals surface area contributed by atoms with Crippen molar-refractivity contribution >= 4 is 17.8 Å². The van der Waals surface area contributed by atoms with Crippen molar-refractivity contribution in [2.24, 2.45) is 5.92 Å². The van der Waals surface area contributed by atoms with Gasteiger partial charge < -0.3 is 15.7 Å².